The van der Waals surface area contributed by atoms with Gasteiger partial charge in [-0.3, -0.25) is 9.69 Å². The van der Waals surface area contributed by atoms with Crippen molar-refractivity contribution in [3.63, 3.8) is 0 Å². The molecule has 0 unspecified atom stereocenters. The Morgan fingerprint density at radius 2 is 1.93 bits per heavy atom. The van der Waals surface area contributed by atoms with Crippen molar-refractivity contribution in [3.05, 3.63) is 35.7 Å². The molecule has 27 heavy (non-hydrogen) atoms. The van der Waals surface area contributed by atoms with Crippen LogP contribution >= 0.6 is 0 Å². The molecule has 4 rings (SSSR count). The van der Waals surface area contributed by atoms with Gasteiger partial charge in [-0.05, 0) is 43.6 Å². The van der Waals surface area contributed by atoms with Gasteiger partial charge in [-0.15, -0.1) is 0 Å². The summed E-state index contributed by atoms with van der Waals surface area (Å²) >= 11 is 0. The second-order valence-electron chi connectivity index (χ2n) is 7.65. The Morgan fingerprint density at radius 1 is 1.22 bits per heavy atom. The topological polar surface area (TPSA) is 88.3 Å². The van der Waals surface area contributed by atoms with Crippen LogP contribution in [0.1, 0.15) is 51.0 Å². The number of carbonyl (C=O) groups excluding carboxylic acids is 2. The molecular formula is C20H24N4O3. The molecule has 1 aliphatic carbocycles. The van der Waals surface area contributed by atoms with Crippen LogP contribution in [0.3, 0.4) is 0 Å². The summed E-state index contributed by atoms with van der Waals surface area (Å²) < 4.78 is 5.29. The average molecular weight is 368 g/mol. The van der Waals surface area contributed by atoms with Gasteiger partial charge in [-0.1, -0.05) is 43.3 Å². The zero-order chi connectivity index (χ0) is 19.0. The van der Waals surface area contributed by atoms with E-state index in [1.165, 1.54) is 10.5 Å². The summed E-state index contributed by atoms with van der Waals surface area (Å²) in [7, 11) is 0. The van der Waals surface area contributed by atoms with Crippen molar-refractivity contribution >= 4 is 11.9 Å². The molecule has 1 N–H and O–H groups in total. The maximum Gasteiger partial charge on any atom is 0.325 e. The molecule has 7 nitrogen and oxygen atoms in total. The first-order chi connectivity index (χ1) is 13.0. The van der Waals surface area contributed by atoms with Gasteiger partial charge in [0.2, 0.25) is 11.7 Å². The van der Waals surface area contributed by atoms with E-state index < -0.39 is 5.54 Å². The Kier molecular flexibility index (Phi) is 4.45. The molecule has 0 bridgehead atoms. The monoisotopic (exact) mass is 368 g/mol. The van der Waals surface area contributed by atoms with Crippen molar-refractivity contribution < 1.29 is 14.1 Å². The molecule has 142 valence electrons. The number of aromatic nitrogens is 2. The fourth-order valence-electron chi connectivity index (χ4n) is 3.87. The lowest BCUT2D eigenvalue weighted by atomic mass is 9.77. The van der Waals surface area contributed by atoms with Crippen molar-refractivity contribution in [2.75, 3.05) is 0 Å². The minimum Gasteiger partial charge on any atom is -0.337 e. The lowest BCUT2D eigenvalue weighted by molar-refractivity contribution is -0.133. The third-order valence-electron chi connectivity index (χ3n) is 5.76. The first kappa shape index (κ1) is 17.7. The number of nitrogens with zero attached hydrogens (tertiary/aromatic N) is 3. The number of nitrogens with one attached hydrogen (secondary N) is 1. The fourth-order valence-corrected chi connectivity index (χ4v) is 3.87. The van der Waals surface area contributed by atoms with Crippen LogP contribution < -0.4 is 5.32 Å². The molecule has 0 atom stereocenters. The van der Waals surface area contributed by atoms with E-state index in [9.17, 15) is 9.59 Å². The van der Waals surface area contributed by atoms with Gasteiger partial charge < -0.3 is 9.84 Å². The molecule has 1 aromatic heterocycles. The standard InChI is InChI=1S/C20H24N4O3/c1-3-14-4-6-15(7-5-14)17-21-16(27-23-17)12-24-18(25)20(22-19(24)26)10-8-13(2)9-11-20/h4-7,13H,3,8-12H2,1-2H3,(H,22,26). The van der Waals surface area contributed by atoms with Crippen molar-refractivity contribution in [2.24, 2.45) is 5.92 Å². The second kappa shape index (κ2) is 6.79. The Balaban J connectivity index is 1.48. The largest absolute Gasteiger partial charge is 0.337 e. The maximum absolute atomic E-state index is 12.9. The molecule has 2 fully saturated rings. The number of hydrogen-bond acceptors (Lipinski definition) is 5. The second-order valence-corrected chi connectivity index (χ2v) is 7.65. The van der Waals surface area contributed by atoms with E-state index in [1.54, 1.807) is 0 Å². The molecule has 7 heteroatoms. The Bertz CT molecular complexity index is 850. The highest BCUT2D eigenvalue weighted by molar-refractivity contribution is 6.07. The maximum atomic E-state index is 12.9. The van der Waals surface area contributed by atoms with Crippen LogP contribution in [0.2, 0.25) is 0 Å². The number of benzene rings is 1. The van der Waals surface area contributed by atoms with E-state index in [0.717, 1.165) is 24.8 Å². The van der Waals surface area contributed by atoms with Gasteiger partial charge in [0.25, 0.3) is 5.91 Å². The van der Waals surface area contributed by atoms with Gasteiger partial charge in [0.1, 0.15) is 12.1 Å². The summed E-state index contributed by atoms with van der Waals surface area (Å²) in [5.41, 5.74) is 1.33. The first-order valence-electron chi connectivity index (χ1n) is 9.57. The van der Waals surface area contributed by atoms with Gasteiger partial charge in [0.05, 0.1) is 0 Å². The molecule has 3 amide bonds. The summed E-state index contributed by atoms with van der Waals surface area (Å²) in [5.74, 6) is 1.13. The summed E-state index contributed by atoms with van der Waals surface area (Å²) in [6, 6.07) is 7.56. The Hall–Kier alpha value is -2.70. The van der Waals surface area contributed by atoms with Crippen molar-refractivity contribution in [2.45, 2.75) is 58.0 Å². The molecular weight excluding hydrogens is 344 g/mol. The zero-order valence-corrected chi connectivity index (χ0v) is 15.7. The minimum absolute atomic E-state index is 0.00200. The van der Waals surface area contributed by atoms with Crippen LogP contribution in [0.5, 0.6) is 0 Å². The minimum atomic E-state index is -0.748. The predicted octanol–water partition coefficient (Wildman–Crippen LogP) is 3.30. The highest BCUT2D eigenvalue weighted by Gasteiger charge is 2.52. The van der Waals surface area contributed by atoms with Crippen LogP contribution in [0.15, 0.2) is 28.8 Å². The Labute approximate surface area is 158 Å². The van der Waals surface area contributed by atoms with Gasteiger partial charge in [0, 0.05) is 5.56 Å². The number of amides is 3. The highest BCUT2D eigenvalue weighted by Crippen LogP contribution is 2.36. The normalized spacial score (nSPS) is 25.3. The zero-order valence-electron chi connectivity index (χ0n) is 15.7. The molecule has 1 saturated heterocycles. The molecule has 2 heterocycles. The first-order valence-corrected chi connectivity index (χ1v) is 9.57. The number of rotatable bonds is 4. The molecule has 2 aromatic rings. The number of carbonyl (C=O) groups is 2. The van der Waals surface area contributed by atoms with Crippen molar-refractivity contribution in [3.8, 4) is 11.4 Å². The molecule has 0 radical (unpaired) electrons. The van der Waals surface area contributed by atoms with E-state index >= 15 is 0 Å². The van der Waals surface area contributed by atoms with E-state index in [2.05, 4.69) is 29.3 Å². The lowest BCUT2D eigenvalue weighted by Gasteiger charge is -2.33. The van der Waals surface area contributed by atoms with Gasteiger partial charge in [-0.25, -0.2) is 4.79 Å². The quantitative estimate of drug-likeness (QED) is 0.837. The summed E-state index contributed by atoms with van der Waals surface area (Å²) in [6.45, 7) is 4.28. The van der Waals surface area contributed by atoms with E-state index in [-0.39, 0.29) is 24.4 Å². The SMILES string of the molecule is CCc1ccc(-c2noc(CN3C(=O)NC4(CCC(C)CC4)C3=O)n2)cc1. The van der Waals surface area contributed by atoms with E-state index in [0.29, 0.717) is 24.6 Å². The molecule has 1 saturated carbocycles. The molecule has 1 spiro atoms. The summed E-state index contributed by atoms with van der Waals surface area (Å²) in [4.78, 5) is 30.9. The smallest absolute Gasteiger partial charge is 0.325 e. The third kappa shape index (κ3) is 3.22. The lowest BCUT2D eigenvalue weighted by Crippen LogP contribution is -2.49. The predicted molar refractivity (Wildman–Crippen MR) is 98.6 cm³/mol. The van der Waals surface area contributed by atoms with Crippen molar-refractivity contribution in [1.29, 1.82) is 0 Å². The van der Waals surface area contributed by atoms with Crippen LogP contribution in [0, 0.1) is 5.92 Å². The van der Waals surface area contributed by atoms with Crippen LogP contribution in [0.25, 0.3) is 11.4 Å². The Morgan fingerprint density at radius 3 is 2.59 bits per heavy atom. The molecule has 2 aliphatic rings. The van der Waals surface area contributed by atoms with Crippen LogP contribution in [0.4, 0.5) is 4.79 Å². The average Bonchev–Trinajstić information content (AvgIpc) is 3.24. The number of urea groups is 1. The number of imide groups is 1. The van der Waals surface area contributed by atoms with Crippen LogP contribution in [-0.4, -0.2) is 32.5 Å². The number of hydrogen-bond donors (Lipinski definition) is 1. The highest BCUT2D eigenvalue weighted by atomic mass is 16.5. The number of aryl methyl sites for hydroxylation is 1. The molecule has 1 aliphatic heterocycles. The van der Waals surface area contributed by atoms with Crippen molar-refractivity contribution in [1.82, 2.24) is 20.4 Å². The van der Waals surface area contributed by atoms with Gasteiger partial charge in [-0.2, -0.15) is 4.98 Å². The van der Waals surface area contributed by atoms with E-state index in [4.69, 9.17) is 4.52 Å². The van der Waals surface area contributed by atoms with Gasteiger partial charge >= 0.3 is 6.03 Å². The summed E-state index contributed by atoms with van der Waals surface area (Å²) in [6.07, 6.45) is 4.23. The van der Waals surface area contributed by atoms with Gasteiger partial charge in [0.15, 0.2) is 0 Å². The van der Waals surface area contributed by atoms with Crippen LogP contribution in [-0.2, 0) is 17.8 Å². The molecule has 1 aromatic carbocycles. The third-order valence-corrected chi connectivity index (χ3v) is 5.76. The summed E-state index contributed by atoms with van der Waals surface area (Å²) in [5, 5.41) is 6.90. The van der Waals surface area contributed by atoms with E-state index in [1.807, 2.05) is 24.3 Å². The fraction of sp³-hybridized carbons (Fsp3) is 0.500.